The molecule has 0 amide bonds. The highest BCUT2D eigenvalue weighted by atomic mass is 35.5. The summed E-state index contributed by atoms with van der Waals surface area (Å²) in [6.07, 6.45) is 5.93. The molecule has 20 heavy (non-hydrogen) atoms. The molecule has 1 N–H and O–H groups in total. The molecule has 102 valence electrons. The summed E-state index contributed by atoms with van der Waals surface area (Å²) in [5.41, 5.74) is 2.08. The van der Waals surface area contributed by atoms with Crippen molar-refractivity contribution in [2.24, 2.45) is 0 Å². The van der Waals surface area contributed by atoms with Crippen molar-refractivity contribution >= 4 is 23.2 Å². The molecule has 0 aliphatic heterocycles. The predicted octanol–water partition coefficient (Wildman–Crippen LogP) is 2.14. The minimum atomic E-state index is 0.442. The van der Waals surface area contributed by atoms with Gasteiger partial charge in [-0.3, -0.25) is 4.98 Å². The number of rotatable bonds is 4. The van der Waals surface area contributed by atoms with E-state index in [0.717, 1.165) is 24.3 Å². The Morgan fingerprint density at radius 1 is 1.30 bits per heavy atom. The first-order valence-electron chi connectivity index (χ1n) is 6.24. The second-order valence-electron chi connectivity index (χ2n) is 4.38. The lowest BCUT2D eigenvalue weighted by atomic mass is 10.2. The van der Waals surface area contributed by atoms with Crippen LogP contribution in [0.1, 0.15) is 11.1 Å². The van der Waals surface area contributed by atoms with Crippen molar-refractivity contribution in [3.8, 4) is 0 Å². The van der Waals surface area contributed by atoms with Crippen LogP contribution in [0.25, 0.3) is 5.78 Å². The van der Waals surface area contributed by atoms with E-state index < -0.39 is 0 Å². The Morgan fingerprint density at radius 2 is 2.10 bits per heavy atom. The van der Waals surface area contributed by atoms with Crippen LogP contribution in [-0.2, 0) is 6.42 Å². The van der Waals surface area contributed by atoms with Gasteiger partial charge in [-0.25, -0.2) is 0 Å². The average Bonchev–Trinajstić information content (AvgIpc) is 2.92. The van der Waals surface area contributed by atoms with Gasteiger partial charge in [0, 0.05) is 24.5 Å². The maximum Gasteiger partial charge on any atom is 0.255 e. The lowest BCUT2D eigenvalue weighted by Gasteiger charge is -2.11. The first-order valence-corrected chi connectivity index (χ1v) is 6.62. The van der Waals surface area contributed by atoms with Gasteiger partial charge in [-0.15, -0.1) is 0 Å². The summed E-state index contributed by atoms with van der Waals surface area (Å²) in [5, 5.41) is 7.95. The van der Waals surface area contributed by atoms with E-state index in [-0.39, 0.29) is 0 Å². The molecule has 0 saturated heterocycles. The molecular weight excluding hydrogens is 276 g/mol. The SMILES string of the molecule is Cc1c(Cl)nc2ncnn2c1NCCc1ccncc1. The summed E-state index contributed by atoms with van der Waals surface area (Å²) >= 11 is 6.11. The number of anilines is 1. The maximum absolute atomic E-state index is 6.11. The molecule has 0 saturated carbocycles. The van der Waals surface area contributed by atoms with Crippen LogP contribution < -0.4 is 5.32 Å². The van der Waals surface area contributed by atoms with Gasteiger partial charge < -0.3 is 5.32 Å². The Morgan fingerprint density at radius 3 is 2.90 bits per heavy atom. The van der Waals surface area contributed by atoms with E-state index in [1.165, 1.54) is 11.9 Å². The minimum Gasteiger partial charge on any atom is -0.369 e. The molecular formula is C13H13ClN6. The summed E-state index contributed by atoms with van der Waals surface area (Å²) in [4.78, 5) is 12.2. The summed E-state index contributed by atoms with van der Waals surface area (Å²) in [6.45, 7) is 2.67. The first kappa shape index (κ1) is 12.8. The Labute approximate surface area is 120 Å². The van der Waals surface area contributed by atoms with Crippen LogP contribution in [-0.4, -0.2) is 31.1 Å². The van der Waals surface area contributed by atoms with Crippen LogP contribution in [0.5, 0.6) is 0 Å². The standard InChI is InChI=1S/C13H13ClN6/c1-9-11(14)19-13-17-8-18-20(13)12(9)16-7-4-10-2-5-15-6-3-10/h2-3,5-6,8,16H,4,7H2,1H3. The first-order chi connectivity index (χ1) is 9.75. The molecule has 0 atom stereocenters. The average molecular weight is 289 g/mol. The summed E-state index contributed by atoms with van der Waals surface area (Å²) < 4.78 is 1.66. The summed E-state index contributed by atoms with van der Waals surface area (Å²) in [6, 6.07) is 4.00. The smallest absolute Gasteiger partial charge is 0.255 e. The molecule has 0 radical (unpaired) electrons. The van der Waals surface area contributed by atoms with Gasteiger partial charge in [-0.05, 0) is 31.0 Å². The Kier molecular flexibility index (Phi) is 3.47. The van der Waals surface area contributed by atoms with Gasteiger partial charge in [0.05, 0.1) is 0 Å². The van der Waals surface area contributed by atoms with Gasteiger partial charge in [0.25, 0.3) is 5.78 Å². The van der Waals surface area contributed by atoms with Crippen molar-refractivity contribution in [2.45, 2.75) is 13.3 Å². The van der Waals surface area contributed by atoms with E-state index in [0.29, 0.717) is 10.9 Å². The number of aromatic nitrogens is 5. The number of nitrogens with one attached hydrogen (secondary N) is 1. The lowest BCUT2D eigenvalue weighted by Crippen LogP contribution is -2.11. The van der Waals surface area contributed by atoms with Crippen LogP contribution in [0.3, 0.4) is 0 Å². The topological polar surface area (TPSA) is 68.0 Å². The Balaban J connectivity index is 1.80. The van der Waals surface area contributed by atoms with E-state index in [1.807, 2.05) is 19.1 Å². The molecule has 0 aromatic carbocycles. The zero-order valence-corrected chi connectivity index (χ0v) is 11.7. The van der Waals surface area contributed by atoms with Crippen molar-refractivity contribution in [3.63, 3.8) is 0 Å². The Bertz CT molecular complexity index is 724. The lowest BCUT2D eigenvalue weighted by molar-refractivity contribution is 0.903. The summed E-state index contributed by atoms with van der Waals surface area (Å²) in [7, 11) is 0. The van der Waals surface area contributed by atoms with Crippen molar-refractivity contribution < 1.29 is 0 Å². The van der Waals surface area contributed by atoms with Gasteiger partial charge >= 0.3 is 0 Å². The molecule has 0 aliphatic carbocycles. The zero-order chi connectivity index (χ0) is 13.9. The number of nitrogens with zero attached hydrogens (tertiary/aromatic N) is 5. The predicted molar refractivity (Wildman–Crippen MR) is 77.0 cm³/mol. The van der Waals surface area contributed by atoms with E-state index in [1.54, 1.807) is 16.9 Å². The third-order valence-electron chi connectivity index (χ3n) is 3.06. The van der Waals surface area contributed by atoms with Gasteiger partial charge in [-0.2, -0.15) is 19.6 Å². The molecule has 6 nitrogen and oxygen atoms in total. The molecule has 0 unspecified atom stereocenters. The van der Waals surface area contributed by atoms with Crippen molar-refractivity contribution in [1.82, 2.24) is 24.6 Å². The monoisotopic (exact) mass is 288 g/mol. The second kappa shape index (κ2) is 5.42. The fraction of sp³-hybridized carbons (Fsp3) is 0.231. The second-order valence-corrected chi connectivity index (χ2v) is 4.74. The highest BCUT2D eigenvalue weighted by Gasteiger charge is 2.11. The van der Waals surface area contributed by atoms with Gasteiger partial charge in [0.15, 0.2) is 0 Å². The highest BCUT2D eigenvalue weighted by Crippen LogP contribution is 2.21. The van der Waals surface area contributed by atoms with Gasteiger partial charge in [0.1, 0.15) is 17.3 Å². The minimum absolute atomic E-state index is 0.442. The fourth-order valence-corrected chi connectivity index (χ4v) is 2.14. The van der Waals surface area contributed by atoms with Gasteiger partial charge in [-0.1, -0.05) is 11.6 Å². The third-order valence-corrected chi connectivity index (χ3v) is 3.43. The molecule has 7 heteroatoms. The van der Waals surface area contributed by atoms with Crippen LogP contribution in [0.15, 0.2) is 30.9 Å². The molecule has 0 bridgehead atoms. The molecule has 3 aromatic rings. The van der Waals surface area contributed by atoms with E-state index >= 15 is 0 Å². The van der Waals surface area contributed by atoms with E-state index in [2.05, 4.69) is 25.4 Å². The normalized spacial score (nSPS) is 10.9. The van der Waals surface area contributed by atoms with E-state index in [4.69, 9.17) is 11.6 Å². The molecule has 3 aromatic heterocycles. The third kappa shape index (κ3) is 2.42. The number of pyridine rings is 1. The number of halogens is 1. The largest absolute Gasteiger partial charge is 0.369 e. The van der Waals surface area contributed by atoms with E-state index in [9.17, 15) is 0 Å². The molecule has 3 heterocycles. The quantitative estimate of drug-likeness (QED) is 0.745. The number of hydrogen-bond donors (Lipinski definition) is 1. The highest BCUT2D eigenvalue weighted by molar-refractivity contribution is 6.30. The van der Waals surface area contributed by atoms with Crippen LogP contribution in [0, 0.1) is 6.92 Å². The van der Waals surface area contributed by atoms with Crippen LogP contribution in [0.4, 0.5) is 5.82 Å². The maximum atomic E-state index is 6.11. The van der Waals surface area contributed by atoms with Crippen molar-refractivity contribution in [3.05, 3.63) is 47.1 Å². The van der Waals surface area contributed by atoms with Crippen LogP contribution in [0.2, 0.25) is 5.15 Å². The van der Waals surface area contributed by atoms with Crippen LogP contribution >= 0.6 is 11.6 Å². The van der Waals surface area contributed by atoms with Crippen molar-refractivity contribution in [2.75, 3.05) is 11.9 Å². The zero-order valence-electron chi connectivity index (χ0n) is 10.9. The Hall–Kier alpha value is -2.21. The summed E-state index contributed by atoms with van der Waals surface area (Å²) in [5.74, 6) is 1.32. The van der Waals surface area contributed by atoms with Crippen molar-refractivity contribution in [1.29, 1.82) is 0 Å². The molecule has 0 aliphatic rings. The molecule has 3 rings (SSSR count). The number of hydrogen-bond acceptors (Lipinski definition) is 5. The number of fused-ring (bicyclic) bond motifs is 1. The fourth-order valence-electron chi connectivity index (χ4n) is 1.98. The molecule has 0 spiro atoms. The molecule has 0 fully saturated rings. The van der Waals surface area contributed by atoms with Gasteiger partial charge in [0.2, 0.25) is 0 Å².